The monoisotopic (exact) mass is 389 g/mol. The maximum atomic E-state index is 12.3. The zero-order valence-electron chi connectivity index (χ0n) is 15.4. The Labute approximate surface area is 162 Å². The molecular weight excluding hydrogens is 366 g/mol. The van der Waals surface area contributed by atoms with E-state index < -0.39 is 6.03 Å². The van der Waals surface area contributed by atoms with Crippen LogP contribution in [0.1, 0.15) is 31.0 Å². The van der Waals surface area contributed by atoms with Gasteiger partial charge in [0.2, 0.25) is 0 Å². The highest BCUT2D eigenvalue weighted by molar-refractivity contribution is 7.14. The van der Waals surface area contributed by atoms with E-state index in [2.05, 4.69) is 15.6 Å². The minimum atomic E-state index is -0.410. The molecule has 2 N–H and O–H groups in total. The molecule has 1 fully saturated rings. The highest BCUT2D eigenvalue weighted by Crippen LogP contribution is 2.32. The first-order valence-corrected chi connectivity index (χ1v) is 9.83. The summed E-state index contributed by atoms with van der Waals surface area (Å²) in [6.07, 6.45) is 2.49. The van der Waals surface area contributed by atoms with Crippen molar-refractivity contribution in [1.82, 2.24) is 4.98 Å². The normalized spacial score (nSPS) is 13.1. The predicted octanol–water partition coefficient (Wildman–Crippen LogP) is 3.99. The van der Waals surface area contributed by atoms with Crippen molar-refractivity contribution in [2.24, 2.45) is 5.92 Å². The van der Waals surface area contributed by atoms with E-state index in [-0.39, 0.29) is 12.4 Å². The van der Waals surface area contributed by atoms with Crippen molar-refractivity contribution in [3.05, 3.63) is 34.8 Å². The Hall–Kier alpha value is -2.61. The van der Waals surface area contributed by atoms with Gasteiger partial charge in [-0.15, -0.1) is 11.3 Å². The molecule has 144 valence electrons. The van der Waals surface area contributed by atoms with Crippen LogP contribution in [0.2, 0.25) is 0 Å². The second kappa shape index (κ2) is 8.85. The smallest absolute Gasteiger partial charge is 0.325 e. The lowest BCUT2D eigenvalue weighted by Gasteiger charge is -2.13. The van der Waals surface area contributed by atoms with Gasteiger partial charge in [-0.05, 0) is 50.3 Å². The number of carbonyl (C=O) groups excluding carboxylic acids is 2. The summed E-state index contributed by atoms with van der Waals surface area (Å²) in [6.45, 7) is 4.74. The summed E-state index contributed by atoms with van der Waals surface area (Å²) in [5.41, 5.74) is 2.25. The molecular formula is C19H23N3O4S. The fraction of sp³-hybridized carbons (Fsp3) is 0.421. The van der Waals surface area contributed by atoms with E-state index in [1.165, 1.54) is 24.2 Å². The molecule has 0 unspecified atom stereocenters. The van der Waals surface area contributed by atoms with Crippen LogP contribution in [0, 0.1) is 12.8 Å². The number of aromatic nitrogens is 1. The van der Waals surface area contributed by atoms with Gasteiger partial charge in [0, 0.05) is 5.38 Å². The molecule has 0 saturated heterocycles. The molecule has 0 radical (unpaired) electrons. The van der Waals surface area contributed by atoms with E-state index in [0.29, 0.717) is 41.4 Å². The van der Waals surface area contributed by atoms with Crippen LogP contribution in [-0.2, 0) is 16.0 Å². The molecule has 3 rings (SSSR count). The zero-order chi connectivity index (χ0) is 19.2. The molecule has 0 spiro atoms. The number of nitrogens with zero attached hydrogens (tertiary/aromatic N) is 1. The van der Waals surface area contributed by atoms with Crippen molar-refractivity contribution in [3.8, 4) is 5.75 Å². The van der Waals surface area contributed by atoms with E-state index >= 15 is 0 Å². The Bertz CT molecular complexity index is 817. The Morgan fingerprint density at radius 2 is 2.11 bits per heavy atom. The molecule has 7 nitrogen and oxygen atoms in total. The molecule has 0 atom stereocenters. The molecule has 27 heavy (non-hydrogen) atoms. The molecule has 1 aromatic carbocycles. The number of urea groups is 1. The van der Waals surface area contributed by atoms with Crippen LogP contribution in [0.3, 0.4) is 0 Å². The van der Waals surface area contributed by atoms with Crippen molar-refractivity contribution in [3.63, 3.8) is 0 Å². The summed E-state index contributed by atoms with van der Waals surface area (Å²) in [7, 11) is 0. The fourth-order valence-corrected chi connectivity index (χ4v) is 3.11. The van der Waals surface area contributed by atoms with Gasteiger partial charge in [0.05, 0.1) is 31.0 Å². The van der Waals surface area contributed by atoms with E-state index in [1.54, 1.807) is 12.3 Å². The Balaban J connectivity index is 1.57. The number of amides is 2. The average Bonchev–Trinajstić information content (AvgIpc) is 3.35. The number of esters is 1. The molecule has 1 aliphatic carbocycles. The summed E-state index contributed by atoms with van der Waals surface area (Å²) in [4.78, 5) is 28.0. The maximum Gasteiger partial charge on any atom is 0.325 e. The van der Waals surface area contributed by atoms with Crippen molar-refractivity contribution < 1.29 is 19.1 Å². The lowest BCUT2D eigenvalue weighted by Crippen LogP contribution is -2.20. The second-order valence-corrected chi connectivity index (χ2v) is 7.32. The Kier molecular flexibility index (Phi) is 6.28. The minimum absolute atomic E-state index is 0.0881. The molecule has 1 heterocycles. The standard InChI is InChI=1S/C19H23N3O4S/c1-3-25-17(23)9-14-11-27-19(20-14)22-18(24)21-15-7-4-12(2)8-16(15)26-10-13-5-6-13/h4,7-8,11,13H,3,5-6,9-10H2,1-2H3,(H2,20,21,22,24). The van der Waals surface area contributed by atoms with Gasteiger partial charge in [0.15, 0.2) is 5.13 Å². The van der Waals surface area contributed by atoms with Crippen LogP contribution in [0.5, 0.6) is 5.75 Å². The van der Waals surface area contributed by atoms with E-state index in [4.69, 9.17) is 9.47 Å². The summed E-state index contributed by atoms with van der Waals surface area (Å²) < 4.78 is 10.8. The molecule has 8 heteroatoms. The molecule has 2 aromatic rings. The number of ether oxygens (including phenoxy) is 2. The highest BCUT2D eigenvalue weighted by Gasteiger charge is 2.22. The van der Waals surface area contributed by atoms with Crippen LogP contribution >= 0.6 is 11.3 Å². The van der Waals surface area contributed by atoms with Gasteiger partial charge in [0.25, 0.3) is 0 Å². The third-order valence-electron chi connectivity index (χ3n) is 3.96. The molecule has 1 saturated carbocycles. The SMILES string of the molecule is CCOC(=O)Cc1csc(NC(=O)Nc2ccc(C)cc2OCC2CC2)n1. The zero-order valence-corrected chi connectivity index (χ0v) is 16.2. The second-order valence-electron chi connectivity index (χ2n) is 6.46. The van der Waals surface area contributed by atoms with E-state index in [9.17, 15) is 9.59 Å². The average molecular weight is 389 g/mol. The molecule has 0 aliphatic heterocycles. The molecule has 1 aliphatic rings. The highest BCUT2D eigenvalue weighted by atomic mass is 32.1. The fourth-order valence-electron chi connectivity index (χ4n) is 2.40. The van der Waals surface area contributed by atoms with Gasteiger partial charge in [-0.1, -0.05) is 6.07 Å². The number of benzene rings is 1. The quantitative estimate of drug-likeness (QED) is 0.666. The maximum absolute atomic E-state index is 12.3. The van der Waals surface area contributed by atoms with Crippen LogP contribution in [0.4, 0.5) is 15.6 Å². The van der Waals surface area contributed by atoms with Gasteiger partial charge in [-0.2, -0.15) is 0 Å². The summed E-state index contributed by atoms with van der Waals surface area (Å²) >= 11 is 1.26. The van der Waals surface area contributed by atoms with Gasteiger partial charge in [-0.25, -0.2) is 9.78 Å². The number of thiazole rings is 1. The molecule has 0 bridgehead atoms. The number of hydrogen-bond acceptors (Lipinski definition) is 6. The van der Waals surface area contributed by atoms with Crippen LogP contribution < -0.4 is 15.4 Å². The largest absolute Gasteiger partial charge is 0.491 e. The van der Waals surface area contributed by atoms with E-state index in [0.717, 1.165) is 5.56 Å². The summed E-state index contributed by atoms with van der Waals surface area (Å²) in [5.74, 6) is 0.954. The van der Waals surface area contributed by atoms with Crippen LogP contribution in [0.25, 0.3) is 0 Å². The van der Waals surface area contributed by atoms with Crippen molar-refractivity contribution in [2.75, 3.05) is 23.8 Å². The first-order chi connectivity index (χ1) is 13.0. The first-order valence-electron chi connectivity index (χ1n) is 8.95. The van der Waals surface area contributed by atoms with Gasteiger partial charge < -0.3 is 14.8 Å². The van der Waals surface area contributed by atoms with Crippen molar-refractivity contribution in [1.29, 1.82) is 0 Å². The topological polar surface area (TPSA) is 89.5 Å². The number of nitrogens with one attached hydrogen (secondary N) is 2. The summed E-state index contributed by atoms with van der Waals surface area (Å²) in [6, 6.07) is 5.25. The number of hydrogen-bond donors (Lipinski definition) is 2. The third kappa shape index (κ3) is 5.96. The first kappa shape index (κ1) is 19.2. The van der Waals surface area contributed by atoms with Gasteiger partial charge >= 0.3 is 12.0 Å². The number of carbonyl (C=O) groups is 2. The molecule has 2 amide bonds. The van der Waals surface area contributed by atoms with Gasteiger partial charge in [-0.3, -0.25) is 10.1 Å². The minimum Gasteiger partial charge on any atom is -0.491 e. The number of anilines is 2. The van der Waals surface area contributed by atoms with Crippen molar-refractivity contribution >= 4 is 34.2 Å². The number of aryl methyl sites for hydroxylation is 1. The predicted molar refractivity (Wildman–Crippen MR) is 104 cm³/mol. The van der Waals surface area contributed by atoms with Gasteiger partial charge in [0.1, 0.15) is 5.75 Å². The Morgan fingerprint density at radius 3 is 2.85 bits per heavy atom. The van der Waals surface area contributed by atoms with Crippen molar-refractivity contribution in [2.45, 2.75) is 33.1 Å². The van der Waals surface area contributed by atoms with Crippen LogP contribution in [0.15, 0.2) is 23.6 Å². The third-order valence-corrected chi connectivity index (χ3v) is 4.77. The van der Waals surface area contributed by atoms with E-state index in [1.807, 2.05) is 25.1 Å². The lowest BCUT2D eigenvalue weighted by atomic mass is 10.2. The molecule has 1 aromatic heterocycles. The van der Waals surface area contributed by atoms with Crippen LogP contribution in [-0.4, -0.2) is 30.2 Å². The lowest BCUT2D eigenvalue weighted by molar-refractivity contribution is -0.142. The number of rotatable bonds is 8. The summed E-state index contributed by atoms with van der Waals surface area (Å²) in [5, 5.41) is 7.63. The Morgan fingerprint density at radius 1 is 1.30 bits per heavy atom.